The topological polar surface area (TPSA) is 58.9 Å². The van der Waals surface area contributed by atoms with Gasteiger partial charge in [-0.3, -0.25) is 4.79 Å². The van der Waals surface area contributed by atoms with Crippen molar-refractivity contribution in [1.82, 2.24) is 0 Å². The zero-order valence-corrected chi connectivity index (χ0v) is 10.0. The van der Waals surface area contributed by atoms with E-state index in [1.54, 1.807) is 24.3 Å². The summed E-state index contributed by atoms with van der Waals surface area (Å²) < 4.78 is 5.65. The molecule has 0 radical (unpaired) electrons. The van der Waals surface area contributed by atoms with Gasteiger partial charge in [-0.1, -0.05) is 29.4 Å². The second kappa shape index (κ2) is 4.57. The molecule has 0 unspecified atom stereocenters. The van der Waals surface area contributed by atoms with Crippen molar-refractivity contribution in [2.45, 2.75) is 6.61 Å². The van der Waals surface area contributed by atoms with Gasteiger partial charge in [-0.05, 0) is 23.8 Å². The van der Waals surface area contributed by atoms with Gasteiger partial charge in [-0.2, -0.15) is 0 Å². The van der Waals surface area contributed by atoms with E-state index in [4.69, 9.17) is 9.94 Å². The molecule has 0 saturated heterocycles. The predicted molar refractivity (Wildman–Crippen MR) is 70.0 cm³/mol. The fourth-order valence-corrected chi connectivity index (χ4v) is 2.17. The Hall–Kier alpha value is -2.62. The maximum Gasteiger partial charge on any atom is 0.197 e. The van der Waals surface area contributed by atoms with Crippen LogP contribution < -0.4 is 4.74 Å². The minimum Gasteiger partial charge on any atom is -0.488 e. The van der Waals surface area contributed by atoms with E-state index in [1.807, 2.05) is 18.2 Å². The summed E-state index contributed by atoms with van der Waals surface area (Å²) in [6, 6.07) is 12.5. The van der Waals surface area contributed by atoms with Crippen molar-refractivity contribution in [3.05, 3.63) is 64.7 Å². The van der Waals surface area contributed by atoms with Crippen molar-refractivity contribution < 1.29 is 14.7 Å². The Kier molecular flexibility index (Phi) is 2.76. The first kappa shape index (κ1) is 11.5. The minimum absolute atomic E-state index is 0.0729. The van der Waals surface area contributed by atoms with Crippen molar-refractivity contribution in [3.63, 3.8) is 0 Å². The van der Waals surface area contributed by atoms with Gasteiger partial charge in [0, 0.05) is 11.1 Å². The van der Waals surface area contributed by atoms with Gasteiger partial charge < -0.3 is 9.94 Å². The Labute approximate surface area is 109 Å². The van der Waals surface area contributed by atoms with Gasteiger partial charge in [0.25, 0.3) is 0 Å². The van der Waals surface area contributed by atoms with E-state index in [0.29, 0.717) is 29.0 Å². The highest BCUT2D eigenvalue weighted by atomic mass is 16.5. The molecule has 1 heterocycles. The lowest BCUT2D eigenvalue weighted by molar-refractivity contribution is 0.103. The second-order valence-electron chi connectivity index (χ2n) is 4.28. The number of hydrogen-bond donors (Lipinski definition) is 1. The highest BCUT2D eigenvalue weighted by Gasteiger charge is 2.21. The molecule has 2 aromatic carbocycles. The van der Waals surface area contributed by atoms with Gasteiger partial charge in [0.2, 0.25) is 0 Å². The number of nitrogens with zero attached hydrogens (tertiary/aromatic N) is 1. The van der Waals surface area contributed by atoms with Crippen LogP contribution in [0.15, 0.2) is 47.6 Å². The summed E-state index contributed by atoms with van der Waals surface area (Å²) in [7, 11) is 0. The molecule has 2 aromatic rings. The predicted octanol–water partition coefficient (Wildman–Crippen LogP) is 2.62. The highest BCUT2D eigenvalue weighted by molar-refractivity contribution is 6.12. The van der Waals surface area contributed by atoms with E-state index >= 15 is 0 Å². The molecule has 0 aromatic heterocycles. The van der Waals surface area contributed by atoms with Gasteiger partial charge >= 0.3 is 0 Å². The molecule has 3 rings (SSSR count). The number of fused-ring (bicyclic) bond motifs is 2. The molecular weight excluding hydrogens is 242 g/mol. The van der Waals surface area contributed by atoms with Gasteiger partial charge in [0.1, 0.15) is 12.4 Å². The zero-order chi connectivity index (χ0) is 13.2. The molecule has 19 heavy (non-hydrogen) atoms. The molecule has 0 amide bonds. The number of ketones is 1. The molecule has 0 atom stereocenters. The monoisotopic (exact) mass is 253 g/mol. The largest absolute Gasteiger partial charge is 0.488 e. The van der Waals surface area contributed by atoms with E-state index in [-0.39, 0.29) is 5.78 Å². The third-order valence-electron chi connectivity index (χ3n) is 3.10. The first-order chi connectivity index (χ1) is 9.29. The number of benzene rings is 2. The normalized spacial score (nSPS) is 13.6. The lowest BCUT2D eigenvalue weighted by Crippen LogP contribution is -2.03. The maximum atomic E-state index is 12.5. The number of hydrogen-bond acceptors (Lipinski definition) is 4. The van der Waals surface area contributed by atoms with Crippen LogP contribution in [0.25, 0.3) is 0 Å². The fraction of sp³-hybridized carbons (Fsp3) is 0.0667. The molecular formula is C15H11NO3. The lowest BCUT2D eigenvalue weighted by Gasteiger charge is -2.06. The summed E-state index contributed by atoms with van der Waals surface area (Å²) in [6.07, 6.45) is 1.28. The smallest absolute Gasteiger partial charge is 0.197 e. The van der Waals surface area contributed by atoms with E-state index in [1.165, 1.54) is 6.21 Å². The van der Waals surface area contributed by atoms with Crippen LogP contribution in [-0.2, 0) is 6.61 Å². The van der Waals surface area contributed by atoms with Crippen molar-refractivity contribution in [1.29, 1.82) is 0 Å². The first-order valence-corrected chi connectivity index (χ1v) is 5.86. The quantitative estimate of drug-likeness (QED) is 0.483. The average Bonchev–Trinajstić information content (AvgIpc) is 2.58. The maximum absolute atomic E-state index is 12.5. The number of carbonyl (C=O) groups excluding carboxylic acids is 1. The van der Waals surface area contributed by atoms with Gasteiger partial charge in [-0.25, -0.2) is 0 Å². The van der Waals surface area contributed by atoms with E-state index < -0.39 is 0 Å². The molecule has 0 saturated carbocycles. The molecule has 4 heteroatoms. The van der Waals surface area contributed by atoms with Crippen LogP contribution in [0.1, 0.15) is 27.0 Å². The zero-order valence-electron chi connectivity index (χ0n) is 10.0. The Morgan fingerprint density at radius 2 is 2.00 bits per heavy atom. The molecule has 0 aliphatic carbocycles. The second-order valence-corrected chi connectivity index (χ2v) is 4.28. The number of oxime groups is 1. The molecule has 4 nitrogen and oxygen atoms in total. The minimum atomic E-state index is -0.0729. The summed E-state index contributed by atoms with van der Waals surface area (Å²) in [5, 5.41) is 11.5. The standard InChI is InChI=1S/C15H11NO3/c17-15-12-4-2-1-3-11(12)9-19-14-6-5-10(8-16-18)7-13(14)15/h1-8,18H,9H2/b16-8+. The van der Waals surface area contributed by atoms with Crippen LogP contribution >= 0.6 is 0 Å². The van der Waals surface area contributed by atoms with Gasteiger partial charge in [-0.15, -0.1) is 0 Å². The number of rotatable bonds is 1. The summed E-state index contributed by atoms with van der Waals surface area (Å²) in [6.45, 7) is 0.377. The molecule has 1 N–H and O–H groups in total. The van der Waals surface area contributed by atoms with Crippen LogP contribution in [-0.4, -0.2) is 17.2 Å². The Bertz CT molecular complexity index is 677. The first-order valence-electron chi connectivity index (χ1n) is 5.86. The van der Waals surface area contributed by atoms with Crippen LogP contribution in [0.5, 0.6) is 5.75 Å². The molecule has 0 bridgehead atoms. The summed E-state index contributed by atoms with van der Waals surface area (Å²) in [5.74, 6) is 0.479. The highest BCUT2D eigenvalue weighted by Crippen LogP contribution is 2.28. The third kappa shape index (κ3) is 1.97. The van der Waals surface area contributed by atoms with Crippen LogP contribution in [0.3, 0.4) is 0 Å². The molecule has 0 spiro atoms. The van der Waals surface area contributed by atoms with Gasteiger partial charge in [0.15, 0.2) is 5.78 Å². The average molecular weight is 253 g/mol. The summed E-state index contributed by atoms with van der Waals surface area (Å²) in [5.41, 5.74) is 2.67. The Morgan fingerprint density at radius 1 is 1.16 bits per heavy atom. The van der Waals surface area contributed by atoms with Gasteiger partial charge in [0.05, 0.1) is 11.8 Å². The number of carbonyl (C=O) groups is 1. The Balaban J connectivity index is 2.15. The Morgan fingerprint density at radius 3 is 2.84 bits per heavy atom. The number of ether oxygens (including phenoxy) is 1. The van der Waals surface area contributed by atoms with Crippen molar-refractivity contribution >= 4 is 12.0 Å². The fourth-order valence-electron chi connectivity index (χ4n) is 2.17. The molecule has 0 fully saturated rings. The van der Waals surface area contributed by atoms with Crippen molar-refractivity contribution in [3.8, 4) is 5.75 Å². The molecule has 94 valence electrons. The van der Waals surface area contributed by atoms with Crippen molar-refractivity contribution in [2.75, 3.05) is 0 Å². The van der Waals surface area contributed by atoms with E-state index in [0.717, 1.165) is 5.56 Å². The van der Waals surface area contributed by atoms with Crippen LogP contribution in [0.4, 0.5) is 0 Å². The summed E-state index contributed by atoms with van der Waals surface area (Å²) >= 11 is 0. The molecule has 1 aliphatic rings. The van der Waals surface area contributed by atoms with Crippen molar-refractivity contribution in [2.24, 2.45) is 5.16 Å². The molecule has 1 aliphatic heterocycles. The van der Waals surface area contributed by atoms with E-state index in [9.17, 15) is 4.79 Å². The summed E-state index contributed by atoms with van der Waals surface area (Å²) in [4.78, 5) is 12.5. The SMILES string of the molecule is O=C1c2ccccc2COc2ccc(/C=N/O)cc21. The van der Waals surface area contributed by atoms with Crippen LogP contribution in [0, 0.1) is 0 Å². The third-order valence-corrected chi connectivity index (χ3v) is 3.10. The lowest BCUT2D eigenvalue weighted by atomic mass is 9.98. The van der Waals surface area contributed by atoms with E-state index in [2.05, 4.69) is 5.16 Å². The van der Waals surface area contributed by atoms with Crippen LogP contribution in [0.2, 0.25) is 0 Å².